The van der Waals surface area contributed by atoms with Gasteiger partial charge in [-0.25, -0.2) is 0 Å². The third kappa shape index (κ3) is 6.07. The molecule has 0 unspecified atom stereocenters. The molecule has 8 aromatic rings. The van der Waals surface area contributed by atoms with Gasteiger partial charge in [0.1, 0.15) is 0 Å². The van der Waals surface area contributed by atoms with Gasteiger partial charge in [-0.2, -0.15) is 0 Å². The van der Waals surface area contributed by atoms with Crippen LogP contribution in [0.4, 0.5) is 0 Å². The zero-order valence-electron chi connectivity index (χ0n) is 27.4. The lowest BCUT2D eigenvalue weighted by Gasteiger charge is -2.12. The molecule has 8 aromatic carbocycles. The lowest BCUT2D eigenvalue weighted by atomic mass is 9.81. The van der Waals surface area contributed by atoms with E-state index in [1.54, 1.807) is 24.3 Å². The topological polar surface area (TPSA) is 40.5 Å². The Hall–Kier alpha value is -5.26. The summed E-state index contributed by atoms with van der Waals surface area (Å²) in [6.07, 6.45) is 2.10. The Balaban J connectivity index is 0.000000119. The SMILES string of the molecule is Brc1cc2c(c3ccccc13)Cc1ccccc1-2.OB(O)c1ccccc1.c1ccc(-c2cc3c(c4ccccc24)Cc2ccccc2-3)cc1. The summed E-state index contributed by atoms with van der Waals surface area (Å²) in [4.78, 5) is 0. The first-order valence-corrected chi connectivity index (χ1v) is 17.7. The van der Waals surface area contributed by atoms with Crippen molar-refractivity contribution >= 4 is 50.1 Å². The van der Waals surface area contributed by atoms with Crippen LogP contribution in [0.15, 0.2) is 174 Å². The van der Waals surface area contributed by atoms with Crippen LogP contribution in [-0.4, -0.2) is 17.2 Å². The van der Waals surface area contributed by atoms with Gasteiger partial charge in [0.2, 0.25) is 0 Å². The van der Waals surface area contributed by atoms with Crippen molar-refractivity contribution in [1.82, 2.24) is 0 Å². The number of halogens is 1. The number of fused-ring (bicyclic) bond motifs is 10. The fourth-order valence-electron chi connectivity index (χ4n) is 7.43. The summed E-state index contributed by atoms with van der Waals surface area (Å²) in [6.45, 7) is 0. The molecule has 2 N–H and O–H groups in total. The summed E-state index contributed by atoms with van der Waals surface area (Å²) in [5.41, 5.74) is 14.5. The van der Waals surface area contributed by atoms with E-state index in [9.17, 15) is 0 Å². The maximum atomic E-state index is 8.58. The predicted octanol–water partition coefficient (Wildman–Crippen LogP) is 10.6. The van der Waals surface area contributed by atoms with Crippen molar-refractivity contribution < 1.29 is 10.0 Å². The van der Waals surface area contributed by atoms with Crippen LogP contribution in [-0.2, 0) is 12.8 Å². The molecule has 4 heteroatoms. The summed E-state index contributed by atoms with van der Waals surface area (Å²) >= 11 is 3.70. The normalized spacial score (nSPS) is 11.7. The molecule has 0 radical (unpaired) electrons. The second-order valence-electron chi connectivity index (χ2n) is 12.7. The third-order valence-corrected chi connectivity index (χ3v) is 10.4. The lowest BCUT2D eigenvalue weighted by molar-refractivity contribution is 0.426. The maximum absolute atomic E-state index is 8.58. The van der Waals surface area contributed by atoms with Crippen LogP contribution in [0, 0.1) is 0 Å². The van der Waals surface area contributed by atoms with Crippen LogP contribution in [0.25, 0.3) is 54.9 Å². The monoisotopic (exact) mass is 708 g/mol. The van der Waals surface area contributed by atoms with Crippen LogP contribution in [0.1, 0.15) is 22.3 Å². The van der Waals surface area contributed by atoms with Crippen molar-refractivity contribution in [3.05, 3.63) is 197 Å². The van der Waals surface area contributed by atoms with E-state index in [0.29, 0.717) is 5.46 Å². The summed E-state index contributed by atoms with van der Waals surface area (Å²) in [5.74, 6) is 0. The van der Waals surface area contributed by atoms with Gasteiger partial charge in [-0.15, -0.1) is 0 Å². The first-order chi connectivity index (χ1) is 24.6. The van der Waals surface area contributed by atoms with Crippen LogP contribution in [0.5, 0.6) is 0 Å². The lowest BCUT2D eigenvalue weighted by Crippen LogP contribution is -2.29. The minimum absolute atomic E-state index is 0.525. The van der Waals surface area contributed by atoms with Crippen LogP contribution in [0.3, 0.4) is 0 Å². The van der Waals surface area contributed by atoms with Gasteiger partial charge in [-0.1, -0.05) is 174 Å². The van der Waals surface area contributed by atoms with E-state index in [1.807, 2.05) is 6.07 Å². The molecule has 2 aliphatic carbocycles. The first kappa shape index (κ1) is 32.0. The fourth-order valence-corrected chi connectivity index (χ4v) is 8.00. The molecule has 240 valence electrons. The maximum Gasteiger partial charge on any atom is 0.488 e. The van der Waals surface area contributed by atoms with Crippen molar-refractivity contribution in [2.24, 2.45) is 0 Å². The molecular weight excluding hydrogens is 675 g/mol. The smallest absolute Gasteiger partial charge is 0.423 e. The van der Waals surface area contributed by atoms with E-state index >= 15 is 0 Å². The number of hydrogen-bond donors (Lipinski definition) is 2. The van der Waals surface area contributed by atoms with Gasteiger partial charge in [0.15, 0.2) is 0 Å². The van der Waals surface area contributed by atoms with Crippen molar-refractivity contribution in [3.63, 3.8) is 0 Å². The predicted molar refractivity (Wildman–Crippen MR) is 214 cm³/mol. The summed E-state index contributed by atoms with van der Waals surface area (Å²) in [5, 5.41) is 22.6. The van der Waals surface area contributed by atoms with Crippen molar-refractivity contribution in [3.8, 4) is 33.4 Å². The van der Waals surface area contributed by atoms with E-state index in [2.05, 4.69) is 155 Å². The summed E-state index contributed by atoms with van der Waals surface area (Å²) < 4.78 is 1.19. The molecule has 50 heavy (non-hydrogen) atoms. The highest BCUT2D eigenvalue weighted by molar-refractivity contribution is 9.10. The first-order valence-electron chi connectivity index (χ1n) is 16.9. The standard InChI is InChI=1S/C23H16.C17H11Br.C6H7BO2/c1-2-8-16(9-3-1)21-15-23-18-11-5-4-10-17(18)14-22(23)20-13-7-6-12-19(20)21;18-17-10-16-12-6-2-1-5-11(12)9-15(16)13-7-3-4-8-14(13)17;8-7(9)6-4-2-1-3-5-6/h1-13,15H,14H2;1-8,10H,9H2;1-5,8-9H. The van der Waals surface area contributed by atoms with E-state index < -0.39 is 7.12 Å². The van der Waals surface area contributed by atoms with Gasteiger partial charge in [0.05, 0.1) is 0 Å². The van der Waals surface area contributed by atoms with E-state index in [-0.39, 0.29) is 0 Å². The molecule has 2 nitrogen and oxygen atoms in total. The second kappa shape index (κ2) is 13.9. The van der Waals surface area contributed by atoms with E-state index in [4.69, 9.17) is 10.0 Å². The molecule has 0 aromatic heterocycles. The largest absolute Gasteiger partial charge is 0.488 e. The van der Waals surface area contributed by atoms with Crippen LogP contribution >= 0.6 is 15.9 Å². The minimum Gasteiger partial charge on any atom is -0.423 e. The molecule has 0 fully saturated rings. The quantitative estimate of drug-likeness (QED) is 0.176. The Morgan fingerprint density at radius 3 is 1.40 bits per heavy atom. The summed E-state index contributed by atoms with van der Waals surface area (Å²) in [6, 6.07) is 59.0. The average Bonchev–Trinajstić information content (AvgIpc) is 3.75. The number of benzene rings is 8. The zero-order valence-corrected chi connectivity index (χ0v) is 29.0. The molecule has 0 amide bonds. The molecule has 0 saturated heterocycles. The van der Waals surface area contributed by atoms with Gasteiger partial charge in [-0.3, -0.25) is 0 Å². The zero-order chi connectivity index (χ0) is 34.0. The van der Waals surface area contributed by atoms with E-state index in [0.717, 1.165) is 12.8 Å². The highest BCUT2D eigenvalue weighted by Crippen LogP contribution is 2.45. The van der Waals surface area contributed by atoms with Crippen LogP contribution in [0.2, 0.25) is 0 Å². The molecule has 0 atom stereocenters. The van der Waals surface area contributed by atoms with Crippen LogP contribution < -0.4 is 5.46 Å². The average molecular weight is 709 g/mol. The fraction of sp³-hybridized carbons (Fsp3) is 0.0435. The third-order valence-electron chi connectivity index (χ3n) is 9.79. The number of rotatable bonds is 2. The molecule has 0 saturated carbocycles. The van der Waals surface area contributed by atoms with Crippen molar-refractivity contribution in [2.45, 2.75) is 12.8 Å². The van der Waals surface area contributed by atoms with Gasteiger partial charge < -0.3 is 10.0 Å². The second-order valence-corrected chi connectivity index (χ2v) is 13.6. The highest BCUT2D eigenvalue weighted by Gasteiger charge is 2.23. The molecule has 2 aliphatic rings. The molecule has 0 spiro atoms. The number of hydrogen-bond acceptors (Lipinski definition) is 2. The molecular formula is C46H34BBrO2. The van der Waals surface area contributed by atoms with Gasteiger partial charge in [-0.05, 0) is 108 Å². The van der Waals surface area contributed by atoms with Gasteiger partial charge in [0, 0.05) is 4.47 Å². The summed E-state index contributed by atoms with van der Waals surface area (Å²) in [7, 11) is -1.34. The minimum atomic E-state index is -1.34. The Morgan fingerprint density at radius 1 is 0.400 bits per heavy atom. The van der Waals surface area contributed by atoms with Gasteiger partial charge >= 0.3 is 7.12 Å². The Kier molecular flexibility index (Phi) is 8.91. The Labute approximate surface area is 301 Å². The van der Waals surface area contributed by atoms with Gasteiger partial charge in [0.25, 0.3) is 0 Å². The Morgan fingerprint density at radius 2 is 0.840 bits per heavy atom. The Bertz CT molecular complexity index is 2470. The molecule has 0 heterocycles. The molecule has 10 rings (SSSR count). The van der Waals surface area contributed by atoms with Crippen molar-refractivity contribution in [1.29, 1.82) is 0 Å². The van der Waals surface area contributed by atoms with E-state index in [1.165, 1.54) is 81.7 Å². The molecule has 0 aliphatic heterocycles. The molecule has 0 bridgehead atoms. The van der Waals surface area contributed by atoms with Crippen molar-refractivity contribution in [2.75, 3.05) is 0 Å². The highest BCUT2D eigenvalue weighted by atomic mass is 79.9.